The summed E-state index contributed by atoms with van der Waals surface area (Å²) in [5.41, 5.74) is 1.43. The number of nitrogens with zero attached hydrogens (tertiary/aromatic N) is 1. The molecule has 0 saturated heterocycles. The molecule has 0 aliphatic rings. The Bertz CT molecular complexity index is 897. The summed E-state index contributed by atoms with van der Waals surface area (Å²) in [4.78, 5) is 6.36. The van der Waals surface area contributed by atoms with Gasteiger partial charge in [0.05, 0.1) is 0 Å². The summed E-state index contributed by atoms with van der Waals surface area (Å²) in [7, 11) is -3.57. The van der Waals surface area contributed by atoms with Crippen LogP contribution in [-0.4, -0.2) is 13.4 Å². The molecule has 0 aliphatic carbocycles. The topological polar surface area (TPSA) is 59.1 Å². The zero-order valence-corrected chi connectivity index (χ0v) is 14.5. The van der Waals surface area contributed by atoms with E-state index in [1.165, 1.54) is 22.7 Å². The van der Waals surface area contributed by atoms with Crippen LogP contribution < -0.4 is 4.72 Å². The number of anilines is 1. The van der Waals surface area contributed by atoms with Gasteiger partial charge in [-0.15, -0.1) is 22.7 Å². The summed E-state index contributed by atoms with van der Waals surface area (Å²) in [5.74, 6) is 0. The van der Waals surface area contributed by atoms with Gasteiger partial charge in [0.1, 0.15) is 9.90 Å². The van der Waals surface area contributed by atoms with E-state index in [4.69, 9.17) is 0 Å². The maximum atomic E-state index is 12.5. The number of nitrogens with one attached hydrogen (secondary N) is 1. The number of aromatic nitrogens is 1. The van der Waals surface area contributed by atoms with Gasteiger partial charge in [-0.25, -0.2) is 13.4 Å². The summed E-state index contributed by atoms with van der Waals surface area (Å²) in [5, 5.41) is 2.76. The molecular weight excluding hydrogens is 336 g/mol. The van der Waals surface area contributed by atoms with Gasteiger partial charge in [-0.1, -0.05) is 12.1 Å². The molecule has 4 nitrogen and oxygen atoms in total. The van der Waals surface area contributed by atoms with Crippen molar-refractivity contribution >= 4 is 38.4 Å². The van der Waals surface area contributed by atoms with Crippen molar-refractivity contribution in [3.63, 3.8) is 0 Å². The average molecular weight is 350 g/mol. The minimum atomic E-state index is -3.57. The molecule has 1 N–H and O–H groups in total. The Morgan fingerprint density at radius 2 is 2.00 bits per heavy atom. The number of hydrogen-bond acceptors (Lipinski definition) is 5. The van der Waals surface area contributed by atoms with Crippen molar-refractivity contribution in [3.8, 4) is 10.6 Å². The number of hydrogen-bond donors (Lipinski definition) is 1. The Labute approximate surface area is 137 Å². The fourth-order valence-corrected chi connectivity index (χ4v) is 5.41. The van der Waals surface area contributed by atoms with Gasteiger partial charge in [0, 0.05) is 32.6 Å². The van der Waals surface area contributed by atoms with Crippen LogP contribution in [0.25, 0.3) is 10.6 Å². The standard InChI is InChI=1S/C15H14N2O2S3/c1-10-8-14(11(2)21-10)22(18,19)17-13-5-3-4-12(9-13)15-16-6-7-20-15/h3-9,17H,1-2H3. The molecule has 0 amide bonds. The fraction of sp³-hybridized carbons (Fsp3) is 0.133. The Morgan fingerprint density at radius 3 is 2.64 bits per heavy atom. The molecule has 0 atom stereocenters. The molecule has 22 heavy (non-hydrogen) atoms. The molecule has 0 radical (unpaired) electrons. The third-order valence-electron chi connectivity index (χ3n) is 3.08. The molecule has 1 aromatic carbocycles. The summed E-state index contributed by atoms with van der Waals surface area (Å²) < 4.78 is 27.7. The predicted octanol–water partition coefficient (Wildman–Crippen LogP) is 4.29. The molecular formula is C15H14N2O2S3. The lowest BCUT2D eigenvalue weighted by Crippen LogP contribution is -2.13. The second kappa shape index (κ2) is 5.83. The van der Waals surface area contributed by atoms with Gasteiger partial charge < -0.3 is 0 Å². The van der Waals surface area contributed by atoms with E-state index in [9.17, 15) is 8.42 Å². The van der Waals surface area contributed by atoms with Crippen molar-refractivity contribution in [1.82, 2.24) is 4.98 Å². The van der Waals surface area contributed by atoms with E-state index in [1.54, 1.807) is 24.4 Å². The van der Waals surface area contributed by atoms with Crippen LogP contribution in [0.1, 0.15) is 9.75 Å². The van der Waals surface area contributed by atoms with Crippen LogP contribution in [0, 0.1) is 13.8 Å². The summed E-state index contributed by atoms with van der Waals surface area (Å²) in [6, 6.07) is 8.97. The van der Waals surface area contributed by atoms with Gasteiger partial charge in [-0.2, -0.15) is 0 Å². The number of aryl methyl sites for hydroxylation is 2. The van der Waals surface area contributed by atoms with Gasteiger partial charge >= 0.3 is 0 Å². The fourth-order valence-electron chi connectivity index (χ4n) is 2.17. The summed E-state index contributed by atoms with van der Waals surface area (Å²) in [6.07, 6.45) is 1.73. The van der Waals surface area contributed by atoms with Crippen LogP contribution in [-0.2, 0) is 10.0 Å². The van der Waals surface area contributed by atoms with Crippen molar-refractivity contribution < 1.29 is 8.42 Å². The van der Waals surface area contributed by atoms with E-state index in [0.29, 0.717) is 10.6 Å². The second-order valence-corrected chi connectivity index (χ2v) is 8.81. The zero-order chi connectivity index (χ0) is 15.7. The number of thiazole rings is 1. The van der Waals surface area contributed by atoms with E-state index < -0.39 is 10.0 Å². The van der Waals surface area contributed by atoms with Crippen molar-refractivity contribution in [2.75, 3.05) is 4.72 Å². The van der Waals surface area contributed by atoms with Gasteiger partial charge in [-0.3, -0.25) is 4.72 Å². The monoisotopic (exact) mass is 350 g/mol. The summed E-state index contributed by atoms with van der Waals surface area (Å²) in [6.45, 7) is 3.72. The minimum Gasteiger partial charge on any atom is -0.280 e. The Kier molecular flexibility index (Phi) is 4.03. The molecule has 0 saturated carbocycles. The Morgan fingerprint density at radius 1 is 1.18 bits per heavy atom. The van der Waals surface area contributed by atoms with Crippen LogP contribution in [0.3, 0.4) is 0 Å². The Hall–Kier alpha value is -1.70. The molecule has 2 aromatic heterocycles. The third kappa shape index (κ3) is 3.06. The van der Waals surface area contributed by atoms with Crippen LogP contribution in [0.5, 0.6) is 0 Å². The highest BCUT2D eigenvalue weighted by atomic mass is 32.2. The van der Waals surface area contributed by atoms with Crippen molar-refractivity contribution in [2.24, 2.45) is 0 Å². The van der Waals surface area contributed by atoms with E-state index >= 15 is 0 Å². The number of rotatable bonds is 4. The Balaban J connectivity index is 1.93. The van der Waals surface area contributed by atoms with Gasteiger partial charge in [0.15, 0.2) is 0 Å². The van der Waals surface area contributed by atoms with E-state index in [1.807, 2.05) is 31.4 Å². The van der Waals surface area contributed by atoms with Crippen LogP contribution >= 0.6 is 22.7 Å². The molecule has 3 rings (SSSR count). The first-order valence-electron chi connectivity index (χ1n) is 6.55. The highest BCUT2D eigenvalue weighted by Gasteiger charge is 2.19. The van der Waals surface area contributed by atoms with Crippen molar-refractivity contribution in [3.05, 3.63) is 51.7 Å². The maximum Gasteiger partial charge on any atom is 0.262 e. The first-order chi connectivity index (χ1) is 10.5. The van der Waals surface area contributed by atoms with Gasteiger partial charge in [0.25, 0.3) is 10.0 Å². The van der Waals surface area contributed by atoms with Crippen LogP contribution in [0.2, 0.25) is 0 Å². The lowest BCUT2D eigenvalue weighted by molar-refractivity contribution is 0.601. The van der Waals surface area contributed by atoms with Crippen molar-refractivity contribution in [1.29, 1.82) is 0 Å². The molecule has 0 bridgehead atoms. The minimum absolute atomic E-state index is 0.342. The number of benzene rings is 1. The largest absolute Gasteiger partial charge is 0.280 e. The van der Waals surface area contributed by atoms with Crippen LogP contribution in [0.15, 0.2) is 46.8 Å². The second-order valence-electron chi connectivity index (χ2n) is 4.80. The first kappa shape index (κ1) is 15.2. The lowest BCUT2D eigenvalue weighted by Gasteiger charge is -2.08. The summed E-state index contributed by atoms with van der Waals surface area (Å²) >= 11 is 3.00. The molecule has 2 heterocycles. The van der Waals surface area contributed by atoms with Gasteiger partial charge in [0.2, 0.25) is 0 Å². The average Bonchev–Trinajstić information content (AvgIpc) is 3.08. The van der Waals surface area contributed by atoms with E-state index in [0.717, 1.165) is 20.3 Å². The molecule has 3 aromatic rings. The van der Waals surface area contributed by atoms with Gasteiger partial charge in [-0.05, 0) is 32.0 Å². The molecule has 114 valence electrons. The quantitative estimate of drug-likeness (QED) is 0.763. The number of thiophene rings is 1. The predicted molar refractivity (Wildman–Crippen MR) is 92.2 cm³/mol. The molecule has 7 heteroatoms. The zero-order valence-electron chi connectivity index (χ0n) is 12.0. The lowest BCUT2D eigenvalue weighted by atomic mass is 10.2. The van der Waals surface area contributed by atoms with Crippen molar-refractivity contribution in [2.45, 2.75) is 18.7 Å². The molecule has 0 spiro atoms. The SMILES string of the molecule is Cc1cc(S(=O)(=O)Nc2cccc(-c3nccs3)c2)c(C)s1. The molecule has 0 unspecified atom stereocenters. The number of sulfonamides is 1. The highest BCUT2D eigenvalue weighted by Crippen LogP contribution is 2.29. The smallest absolute Gasteiger partial charge is 0.262 e. The maximum absolute atomic E-state index is 12.5. The van der Waals surface area contributed by atoms with Crippen LogP contribution in [0.4, 0.5) is 5.69 Å². The highest BCUT2D eigenvalue weighted by molar-refractivity contribution is 7.93. The first-order valence-corrected chi connectivity index (χ1v) is 9.73. The van der Waals surface area contributed by atoms with E-state index in [2.05, 4.69) is 9.71 Å². The normalized spacial score (nSPS) is 11.5. The molecule has 0 aliphatic heterocycles. The molecule has 0 fully saturated rings. The van der Waals surface area contributed by atoms with E-state index in [-0.39, 0.29) is 0 Å². The third-order valence-corrected chi connectivity index (χ3v) is 6.50.